The van der Waals surface area contributed by atoms with Gasteiger partial charge in [-0.3, -0.25) is 9.59 Å². The number of hydrogen-bond acceptors (Lipinski definition) is 6. The predicted octanol–water partition coefficient (Wildman–Crippen LogP) is 3.08. The maximum Gasteiger partial charge on any atom is 0.338 e. The van der Waals surface area contributed by atoms with Gasteiger partial charge in [0.15, 0.2) is 4.80 Å². The van der Waals surface area contributed by atoms with Crippen molar-refractivity contribution in [3.63, 3.8) is 0 Å². The number of hydrogen-bond donors (Lipinski definition) is 0. The molecular formula is C23H27N3O4S2. The molecule has 1 aromatic heterocycles. The number of esters is 1. The van der Waals surface area contributed by atoms with Crippen LogP contribution in [0.3, 0.4) is 0 Å². The van der Waals surface area contributed by atoms with Crippen molar-refractivity contribution in [1.82, 2.24) is 9.47 Å². The second-order valence-electron chi connectivity index (χ2n) is 7.37. The van der Waals surface area contributed by atoms with E-state index in [1.165, 1.54) is 35.9 Å². The minimum atomic E-state index is -0.397. The quantitative estimate of drug-likeness (QED) is 0.456. The number of thiazole rings is 1. The summed E-state index contributed by atoms with van der Waals surface area (Å²) < 4.78 is 7.63. The molecule has 1 aliphatic heterocycles. The fourth-order valence-electron chi connectivity index (χ4n) is 3.52. The molecule has 0 N–H and O–H groups in total. The van der Waals surface area contributed by atoms with E-state index in [1.54, 1.807) is 29.7 Å². The van der Waals surface area contributed by atoms with Gasteiger partial charge in [0.05, 0.1) is 40.4 Å². The van der Waals surface area contributed by atoms with Crippen LogP contribution >= 0.6 is 23.1 Å². The number of carbonyl (C=O) groups excluding carboxylic acids is 3. The summed E-state index contributed by atoms with van der Waals surface area (Å²) in [5.41, 5.74) is 1.24. The number of aromatic nitrogens is 1. The van der Waals surface area contributed by atoms with Crippen molar-refractivity contribution in [3.05, 3.63) is 28.6 Å². The third-order valence-corrected chi connectivity index (χ3v) is 7.02. The van der Waals surface area contributed by atoms with Crippen LogP contribution in [-0.4, -0.2) is 58.5 Å². The molecule has 0 spiro atoms. The maximum atomic E-state index is 12.5. The minimum absolute atomic E-state index is 0.0838. The maximum absolute atomic E-state index is 12.5. The molecule has 0 saturated carbocycles. The number of terminal acetylenes is 1. The zero-order chi connectivity index (χ0) is 22.9. The molecule has 0 aliphatic carbocycles. The van der Waals surface area contributed by atoms with E-state index in [4.69, 9.17) is 11.2 Å². The van der Waals surface area contributed by atoms with E-state index in [1.807, 2.05) is 4.90 Å². The van der Waals surface area contributed by atoms with E-state index in [-0.39, 0.29) is 29.9 Å². The molecule has 2 aromatic rings. The van der Waals surface area contributed by atoms with Gasteiger partial charge in [0.1, 0.15) is 0 Å². The summed E-state index contributed by atoms with van der Waals surface area (Å²) >= 11 is 2.58. The highest BCUT2D eigenvalue weighted by Gasteiger charge is 2.16. The van der Waals surface area contributed by atoms with Gasteiger partial charge >= 0.3 is 5.97 Å². The van der Waals surface area contributed by atoms with Crippen molar-refractivity contribution in [2.24, 2.45) is 4.99 Å². The standard InChI is InChI=1S/C23H27N3O4S2/c1-3-11-26-18-10-9-17(22(29)30-4-2)14-19(18)32-23(26)24-20(27)15-31-16-21(28)25-12-7-5-6-8-13-25/h1,9-10,14H,4-8,11-13,15-16H2,2H3. The number of thioether (sulfide) groups is 1. The zero-order valence-corrected chi connectivity index (χ0v) is 19.8. The SMILES string of the molecule is C#CCn1c(=NC(=O)CSCC(=O)N2CCCCCC2)sc2cc(C(=O)OCC)ccc21. The third-order valence-electron chi connectivity index (χ3n) is 5.07. The predicted molar refractivity (Wildman–Crippen MR) is 128 cm³/mol. The molecule has 170 valence electrons. The van der Waals surface area contributed by atoms with Gasteiger partial charge in [-0.2, -0.15) is 4.99 Å². The minimum Gasteiger partial charge on any atom is -0.462 e. The summed E-state index contributed by atoms with van der Waals surface area (Å²) in [5.74, 6) is 2.36. The van der Waals surface area contributed by atoms with E-state index in [0.29, 0.717) is 17.0 Å². The lowest BCUT2D eigenvalue weighted by Gasteiger charge is -2.19. The Kier molecular flexibility index (Phi) is 8.94. The number of likely N-dealkylation sites (tertiary alicyclic amines) is 1. The summed E-state index contributed by atoms with van der Waals surface area (Å²) in [7, 11) is 0. The summed E-state index contributed by atoms with van der Waals surface area (Å²) in [6, 6.07) is 5.19. The highest BCUT2D eigenvalue weighted by molar-refractivity contribution is 8.00. The first-order valence-corrected chi connectivity index (χ1v) is 12.7. The van der Waals surface area contributed by atoms with Gasteiger partial charge in [-0.1, -0.05) is 30.1 Å². The Morgan fingerprint density at radius 1 is 1.19 bits per heavy atom. The van der Waals surface area contributed by atoms with Crippen LogP contribution in [0.15, 0.2) is 23.2 Å². The van der Waals surface area contributed by atoms with Crippen LogP contribution in [0.25, 0.3) is 10.2 Å². The van der Waals surface area contributed by atoms with E-state index >= 15 is 0 Å². The van der Waals surface area contributed by atoms with Crippen molar-refractivity contribution >= 4 is 51.1 Å². The molecule has 1 aliphatic rings. The van der Waals surface area contributed by atoms with Gasteiger partial charge in [0.25, 0.3) is 5.91 Å². The average Bonchev–Trinajstić information content (AvgIpc) is 2.94. The largest absolute Gasteiger partial charge is 0.462 e. The monoisotopic (exact) mass is 473 g/mol. The molecule has 0 bridgehead atoms. The van der Waals surface area contributed by atoms with Gasteiger partial charge in [-0.15, -0.1) is 18.2 Å². The fraction of sp³-hybridized carbons (Fsp3) is 0.478. The van der Waals surface area contributed by atoms with Crippen LogP contribution in [0.5, 0.6) is 0 Å². The molecule has 1 aromatic carbocycles. The molecule has 7 nitrogen and oxygen atoms in total. The number of rotatable bonds is 7. The Morgan fingerprint density at radius 2 is 1.94 bits per heavy atom. The van der Waals surface area contributed by atoms with Gasteiger partial charge in [0.2, 0.25) is 5.91 Å². The van der Waals surface area contributed by atoms with Crippen LogP contribution < -0.4 is 4.80 Å². The Morgan fingerprint density at radius 3 is 2.62 bits per heavy atom. The highest BCUT2D eigenvalue weighted by atomic mass is 32.2. The van der Waals surface area contributed by atoms with Gasteiger partial charge < -0.3 is 14.2 Å². The third kappa shape index (κ3) is 6.24. The van der Waals surface area contributed by atoms with Crippen molar-refractivity contribution < 1.29 is 19.1 Å². The molecular weight excluding hydrogens is 446 g/mol. The molecule has 0 radical (unpaired) electrons. The molecule has 1 fully saturated rings. The van der Waals surface area contributed by atoms with Crippen LogP contribution in [0.2, 0.25) is 0 Å². The number of carbonyl (C=O) groups is 3. The van der Waals surface area contributed by atoms with Crippen molar-refractivity contribution in [2.75, 3.05) is 31.2 Å². The number of benzene rings is 1. The van der Waals surface area contributed by atoms with Crippen molar-refractivity contribution in [1.29, 1.82) is 0 Å². The van der Waals surface area contributed by atoms with E-state index in [9.17, 15) is 14.4 Å². The van der Waals surface area contributed by atoms with Crippen LogP contribution in [0, 0.1) is 12.3 Å². The first kappa shape index (κ1) is 24.1. The first-order chi connectivity index (χ1) is 15.5. The second-order valence-corrected chi connectivity index (χ2v) is 9.37. The molecule has 0 atom stereocenters. The second kappa shape index (κ2) is 11.9. The number of ether oxygens (including phenoxy) is 1. The normalized spacial score (nSPS) is 14.8. The molecule has 0 unspecified atom stereocenters. The number of fused-ring (bicyclic) bond motifs is 1. The smallest absolute Gasteiger partial charge is 0.338 e. The topological polar surface area (TPSA) is 81.0 Å². The highest BCUT2D eigenvalue weighted by Crippen LogP contribution is 2.20. The Balaban J connectivity index is 1.70. The molecule has 1 saturated heterocycles. The zero-order valence-electron chi connectivity index (χ0n) is 18.2. The lowest BCUT2D eigenvalue weighted by atomic mass is 10.2. The lowest BCUT2D eigenvalue weighted by molar-refractivity contribution is -0.128. The van der Waals surface area contributed by atoms with E-state index in [0.717, 1.165) is 36.1 Å². The summed E-state index contributed by atoms with van der Waals surface area (Å²) in [4.78, 5) is 43.5. The molecule has 32 heavy (non-hydrogen) atoms. The van der Waals surface area contributed by atoms with Gasteiger partial charge in [0, 0.05) is 13.1 Å². The summed E-state index contributed by atoms with van der Waals surface area (Å²) in [5, 5.41) is 0. The molecule has 3 rings (SSSR count). The average molecular weight is 474 g/mol. The molecule has 2 heterocycles. The first-order valence-electron chi connectivity index (χ1n) is 10.7. The van der Waals surface area contributed by atoms with Crippen LogP contribution in [0.4, 0.5) is 0 Å². The van der Waals surface area contributed by atoms with Gasteiger partial charge in [-0.25, -0.2) is 4.79 Å². The van der Waals surface area contributed by atoms with Crippen LogP contribution in [-0.2, 0) is 20.9 Å². The summed E-state index contributed by atoms with van der Waals surface area (Å²) in [6.07, 6.45) is 9.94. The van der Waals surface area contributed by atoms with E-state index < -0.39 is 5.97 Å². The summed E-state index contributed by atoms with van der Waals surface area (Å²) in [6.45, 7) is 3.92. The van der Waals surface area contributed by atoms with Gasteiger partial charge in [-0.05, 0) is 38.0 Å². The Hall–Kier alpha value is -2.57. The van der Waals surface area contributed by atoms with E-state index in [2.05, 4.69) is 10.9 Å². The molecule has 2 amide bonds. The number of nitrogens with zero attached hydrogens (tertiary/aromatic N) is 3. The van der Waals surface area contributed by atoms with Crippen molar-refractivity contribution in [3.8, 4) is 12.3 Å². The molecule has 9 heteroatoms. The Bertz CT molecular complexity index is 1090. The number of amides is 2. The van der Waals surface area contributed by atoms with Crippen molar-refractivity contribution in [2.45, 2.75) is 39.2 Å². The lowest BCUT2D eigenvalue weighted by Crippen LogP contribution is -2.33. The van der Waals surface area contributed by atoms with Crippen LogP contribution in [0.1, 0.15) is 43.0 Å². The fourth-order valence-corrected chi connectivity index (χ4v) is 5.30. The Labute approximate surface area is 195 Å².